The fourth-order valence-corrected chi connectivity index (χ4v) is 2.90. The van der Waals surface area contributed by atoms with Crippen molar-refractivity contribution >= 4 is 0 Å². The Morgan fingerprint density at radius 2 is 1.81 bits per heavy atom. The third-order valence-electron chi connectivity index (χ3n) is 4.30. The van der Waals surface area contributed by atoms with E-state index in [1.54, 1.807) is 0 Å². The molecule has 0 aliphatic heterocycles. The third-order valence-corrected chi connectivity index (χ3v) is 4.30. The summed E-state index contributed by atoms with van der Waals surface area (Å²) in [6.45, 7) is 5.00. The molecule has 1 saturated carbocycles. The van der Waals surface area contributed by atoms with Crippen LogP contribution in [0.25, 0.3) is 0 Å². The van der Waals surface area contributed by atoms with Crippen LogP contribution >= 0.6 is 0 Å². The predicted molar refractivity (Wildman–Crippen MR) is 89.4 cm³/mol. The summed E-state index contributed by atoms with van der Waals surface area (Å²) in [6, 6.07) is 7.98. The Hall–Kier alpha value is -1.68. The van der Waals surface area contributed by atoms with Crippen LogP contribution in [0.1, 0.15) is 51.5 Å². The van der Waals surface area contributed by atoms with Gasteiger partial charge >= 0.3 is 0 Å². The van der Waals surface area contributed by atoms with Crippen molar-refractivity contribution in [2.75, 3.05) is 6.61 Å². The molecule has 1 nitrogen and oxygen atoms in total. The van der Waals surface area contributed by atoms with Gasteiger partial charge < -0.3 is 4.74 Å². The molecular weight excluding hydrogens is 256 g/mol. The first-order chi connectivity index (χ1) is 10.3. The van der Waals surface area contributed by atoms with E-state index < -0.39 is 0 Å². The number of rotatable bonds is 4. The maximum Gasteiger partial charge on any atom is 0.119 e. The van der Waals surface area contributed by atoms with Gasteiger partial charge in [0.25, 0.3) is 0 Å². The Morgan fingerprint density at radius 3 is 2.43 bits per heavy atom. The smallest absolute Gasteiger partial charge is 0.119 e. The molecule has 112 valence electrons. The highest BCUT2D eigenvalue weighted by Gasteiger charge is 2.17. The van der Waals surface area contributed by atoms with Crippen molar-refractivity contribution in [1.29, 1.82) is 0 Å². The van der Waals surface area contributed by atoms with E-state index in [2.05, 4.69) is 24.8 Å². The minimum absolute atomic E-state index is 0.702. The van der Waals surface area contributed by atoms with Crippen molar-refractivity contribution in [1.82, 2.24) is 0 Å². The molecule has 1 fully saturated rings. The van der Waals surface area contributed by atoms with Crippen LogP contribution in [0, 0.1) is 23.7 Å². The molecule has 0 N–H and O–H groups in total. The molecule has 0 radical (unpaired) electrons. The van der Waals surface area contributed by atoms with Crippen LogP contribution < -0.4 is 4.74 Å². The molecule has 0 spiro atoms. The molecule has 1 aromatic rings. The molecule has 21 heavy (non-hydrogen) atoms. The fourth-order valence-electron chi connectivity index (χ4n) is 2.90. The van der Waals surface area contributed by atoms with Crippen LogP contribution in [0.4, 0.5) is 0 Å². The van der Waals surface area contributed by atoms with Crippen molar-refractivity contribution in [3.63, 3.8) is 0 Å². The summed E-state index contributed by atoms with van der Waals surface area (Å²) in [5.41, 5.74) is 1.04. The maximum atomic E-state index is 5.42. The molecule has 1 aromatic carbocycles. The van der Waals surface area contributed by atoms with Crippen LogP contribution in [0.2, 0.25) is 0 Å². The second kappa shape index (κ2) is 8.57. The van der Waals surface area contributed by atoms with Gasteiger partial charge in [0.05, 0.1) is 6.61 Å². The summed E-state index contributed by atoms with van der Waals surface area (Å²) in [5, 5.41) is 0. The van der Waals surface area contributed by atoms with Gasteiger partial charge in [0.1, 0.15) is 5.75 Å². The molecule has 1 heteroatoms. The van der Waals surface area contributed by atoms with Crippen LogP contribution in [-0.2, 0) is 0 Å². The van der Waals surface area contributed by atoms with E-state index in [0.29, 0.717) is 6.61 Å². The minimum atomic E-state index is 0.702. The van der Waals surface area contributed by atoms with Gasteiger partial charge in [0.2, 0.25) is 0 Å². The molecule has 0 atom stereocenters. The number of hydrogen-bond donors (Lipinski definition) is 0. The van der Waals surface area contributed by atoms with Crippen LogP contribution in [-0.4, -0.2) is 6.61 Å². The van der Waals surface area contributed by atoms with Gasteiger partial charge in [-0.2, -0.15) is 0 Å². The Morgan fingerprint density at radius 1 is 1.10 bits per heavy atom. The number of ether oxygens (including phenoxy) is 1. The van der Waals surface area contributed by atoms with Gasteiger partial charge in [0, 0.05) is 5.56 Å². The van der Waals surface area contributed by atoms with Gasteiger partial charge in [-0.25, -0.2) is 0 Å². The molecule has 1 aliphatic carbocycles. The summed E-state index contributed by atoms with van der Waals surface area (Å²) >= 11 is 0. The van der Waals surface area contributed by atoms with Gasteiger partial charge in [-0.1, -0.05) is 31.3 Å². The topological polar surface area (TPSA) is 9.23 Å². The average Bonchev–Trinajstić information content (AvgIpc) is 2.54. The molecule has 0 heterocycles. The highest BCUT2D eigenvalue weighted by atomic mass is 16.5. The van der Waals surface area contributed by atoms with E-state index in [1.165, 1.54) is 32.1 Å². The quantitative estimate of drug-likeness (QED) is 0.689. The Labute approximate surface area is 129 Å². The summed E-state index contributed by atoms with van der Waals surface area (Å²) in [7, 11) is 0. The lowest BCUT2D eigenvalue weighted by Crippen LogP contribution is -2.11. The predicted octanol–water partition coefficient (Wildman–Crippen LogP) is 5.21. The van der Waals surface area contributed by atoms with Crippen molar-refractivity contribution in [2.45, 2.75) is 46.0 Å². The highest BCUT2D eigenvalue weighted by molar-refractivity contribution is 5.40. The van der Waals surface area contributed by atoms with Crippen LogP contribution in [0.3, 0.4) is 0 Å². The zero-order valence-electron chi connectivity index (χ0n) is 13.3. The maximum absolute atomic E-state index is 5.42. The molecule has 0 bridgehead atoms. The Bertz CT molecular complexity index is 493. The SMILES string of the molecule is CCOc1ccc(C#CC=CC2CCC(CC)CC2)cc1. The van der Waals surface area contributed by atoms with Crippen LogP contribution in [0.15, 0.2) is 36.4 Å². The van der Waals surface area contributed by atoms with Crippen molar-refractivity contribution in [2.24, 2.45) is 11.8 Å². The molecule has 1 aliphatic rings. The van der Waals surface area contributed by atoms with Gasteiger partial charge in [-0.3, -0.25) is 0 Å². The zero-order valence-corrected chi connectivity index (χ0v) is 13.3. The van der Waals surface area contributed by atoms with Crippen molar-refractivity contribution in [3.05, 3.63) is 42.0 Å². The lowest BCUT2D eigenvalue weighted by molar-refractivity contribution is 0.304. The third kappa shape index (κ3) is 5.31. The summed E-state index contributed by atoms with van der Waals surface area (Å²) in [6.07, 6.45) is 11.1. The molecule has 0 aromatic heterocycles. The zero-order chi connectivity index (χ0) is 14.9. The monoisotopic (exact) mass is 282 g/mol. The first-order valence-corrected chi connectivity index (χ1v) is 8.22. The average molecular weight is 282 g/mol. The largest absolute Gasteiger partial charge is 0.494 e. The van der Waals surface area contributed by atoms with Gasteiger partial charge in [-0.15, -0.1) is 0 Å². The van der Waals surface area contributed by atoms with E-state index in [4.69, 9.17) is 4.74 Å². The summed E-state index contributed by atoms with van der Waals surface area (Å²) in [5.74, 6) is 8.94. The number of benzene rings is 1. The lowest BCUT2D eigenvalue weighted by Gasteiger charge is -2.25. The highest BCUT2D eigenvalue weighted by Crippen LogP contribution is 2.31. The lowest BCUT2D eigenvalue weighted by atomic mass is 9.81. The summed E-state index contributed by atoms with van der Waals surface area (Å²) in [4.78, 5) is 0. The van der Waals surface area contributed by atoms with E-state index in [0.717, 1.165) is 23.1 Å². The molecule has 0 saturated heterocycles. The van der Waals surface area contributed by atoms with Crippen molar-refractivity contribution < 1.29 is 4.74 Å². The molecular formula is C20H26O. The Kier molecular flexibility index (Phi) is 6.41. The van der Waals surface area contributed by atoms with E-state index in [9.17, 15) is 0 Å². The normalized spacial score (nSPS) is 21.8. The number of hydrogen-bond acceptors (Lipinski definition) is 1. The first kappa shape index (κ1) is 15.7. The van der Waals surface area contributed by atoms with E-state index in [-0.39, 0.29) is 0 Å². The van der Waals surface area contributed by atoms with Crippen molar-refractivity contribution in [3.8, 4) is 17.6 Å². The van der Waals surface area contributed by atoms with Gasteiger partial charge in [0.15, 0.2) is 0 Å². The van der Waals surface area contributed by atoms with E-state index in [1.807, 2.05) is 37.3 Å². The Balaban J connectivity index is 1.81. The minimum Gasteiger partial charge on any atom is -0.494 e. The van der Waals surface area contributed by atoms with Gasteiger partial charge in [-0.05, 0) is 74.8 Å². The number of allylic oxidation sites excluding steroid dienone is 2. The molecule has 2 rings (SSSR count). The summed E-state index contributed by atoms with van der Waals surface area (Å²) < 4.78 is 5.42. The second-order valence-corrected chi connectivity index (χ2v) is 5.77. The second-order valence-electron chi connectivity index (χ2n) is 5.77. The molecule has 0 amide bonds. The standard InChI is InChI=1S/C20H26O/c1-3-17-9-11-18(12-10-17)7-5-6-8-19-13-15-20(16-14-19)21-4-2/h5,7,13-18H,3-4,9-12H2,1-2H3. The van der Waals surface area contributed by atoms with E-state index >= 15 is 0 Å². The molecule has 0 unspecified atom stereocenters. The fraction of sp³-hybridized carbons (Fsp3) is 0.500. The first-order valence-electron chi connectivity index (χ1n) is 8.22. The van der Waals surface area contributed by atoms with Crippen LogP contribution in [0.5, 0.6) is 5.75 Å².